The molecule has 1 rings (SSSR count). The van der Waals surface area contributed by atoms with Crippen LogP contribution >= 0.6 is 0 Å². The molecule has 0 aliphatic carbocycles. The Hall–Kier alpha value is -1.06. The van der Waals surface area contributed by atoms with Gasteiger partial charge in [0.2, 0.25) is 0 Å². The Morgan fingerprint density at radius 1 is 1.27 bits per heavy atom. The SMILES string of the molecule is CC#N.N#CCN1CCCC1. The minimum absolute atomic E-state index is 0.625. The zero-order chi connectivity index (χ0) is 8.53. The first-order chi connectivity index (χ1) is 5.35. The summed E-state index contributed by atoms with van der Waals surface area (Å²) in [6, 6.07) is 3.89. The van der Waals surface area contributed by atoms with E-state index in [9.17, 15) is 0 Å². The van der Waals surface area contributed by atoms with E-state index in [2.05, 4.69) is 11.0 Å². The molecule has 1 fully saturated rings. The largest absolute Gasteiger partial charge is 0.291 e. The minimum Gasteiger partial charge on any atom is -0.291 e. The zero-order valence-corrected chi connectivity index (χ0v) is 6.88. The third-order valence-corrected chi connectivity index (χ3v) is 1.49. The van der Waals surface area contributed by atoms with Gasteiger partial charge in [-0.05, 0) is 25.9 Å². The van der Waals surface area contributed by atoms with E-state index in [1.807, 2.05) is 0 Å². The molecule has 1 heterocycles. The molecule has 1 saturated heterocycles. The molecule has 0 saturated carbocycles. The summed E-state index contributed by atoms with van der Waals surface area (Å²) in [4.78, 5) is 2.18. The average molecular weight is 151 g/mol. The number of hydrogen-bond acceptors (Lipinski definition) is 3. The third kappa shape index (κ3) is 5.39. The molecule has 0 radical (unpaired) electrons. The van der Waals surface area contributed by atoms with E-state index in [1.165, 1.54) is 19.8 Å². The Morgan fingerprint density at radius 2 is 1.73 bits per heavy atom. The molecule has 0 amide bonds. The summed E-state index contributed by atoms with van der Waals surface area (Å²) >= 11 is 0. The highest BCUT2D eigenvalue weighted by molar-refractivity contribution is 4.78. The van der Waals surface area contributed by atoms with Crippen LogP contribution in [0.4, 0.5) is 0 Å². The Morgan fingerprint density at radius 3 is 2.09 bits per heavy atom. The maximum atomic E-state index is 8.24. The van der Waals surface area contributed by atoms with Gasteiger partial charge in [0.15, 0.2) is 0 Å². The molecular weight excluding hydrogens is 138 g/mol. The molecule has 0 N–H and O–H groups in total. The van der Waals surface area contributed by atoms with E-state index >= 15 is 0 Å². The van der Waals surface area contributed by atoms with Crippen molar-refractivity contribution in [2.24, 2.45) is 0 Å². The molecule has 0 atom stereocenters. The number of nitriles is 2. The first kappa shape index (κ1) is 9.94. The first-order valence-corrected chi connectivity index (χ1v) is 3.75. The topological polar surface area (TPSA) is 50.8 Å². The quantitative estimate of drug-likeness (QED) is 0.528. The van der Waals surface area contributed by atoms with Gasteiger partial charge in [-0.3, -0.25) is 4.90 Å². The van der Waals surface area contributed by atoms with Gasteiger partial charge in [0.1, 0.15) is 0 Å². The molecule has 3 heteroatoms. The molecule has 0 aromatic heterocycles. The van der Waals surface area contributed by atoms with Crippen molar-refractivity contribution in [3.05, 3.63) is 0 Å². The predicted octanol–water partition coefficient (Wildman–Crippen LogP) is 1.14. The van der Waals surface area contributed by atoms with Gasteiger partial charge in [0, 0.05) is 6.92 Å². The van der Waals surface area contributed by atoms with Crippen molar-refractivity contribution < 1.29 is 0 Å². The standard InChI is InChI=1S/C6H10N2.C2H3N/c7-3-6-8-4-1-2-5-8;1-2-3/h1-2,4-6H2;1H3. The van der Waals surface area contributed by atoms with Crippen molar-refractivity contribution in [3.63, 3.8) is 0 Å². The van der Waals surface area contributed by atoms with E-state index in [4.69, 9.17) is 10.5 Å². The molecule has 0 unspecified atom stereocenters. The van der Waals surface area contributed by atoms with Crippen LogP contribution in [0.25, 0.3) is 0 Å². The summed E-state index contributed by atoms with van der Waals surface area (Å²) in [6.45, 7) is 4.32. The fourth-order valence-corrected chi connectivity index (χ4v) is 1.04. The number of hydrogen-bond donors (Lipinski definition) is 0. The van der Waals surface area contributed by atoms with Gasteiger partial charge in [-0.1, -0.05) is 0 Å². The van der Waals surface area contributed by atoms with Gasteiger partial charge in [0.05, 0.1) is 18.7 Å². The molecule has 11 heavy (non-hydrogen) atoms. The molecule has 0 bridgehead atoms. The van der Waals surface area contributed by atoms with Crippen LogP contribution in [0.3, 0.4) is 0 Å². The van der Waals surface area contributed by atoms with Gasteiger partial charge in [-0.15, -0.1) is 0 Å². The van der Waals surface area contributed by atoms with Crippen molar-refractivity contribution in [1.82, 2.24) is 4.90 Å². The second-order valence-electron chi connectivity index (χ2n) is 2.36. The van der Waals surface area contributed by atoms with E-state index in [0.717, 1.165) is 13.1 Å². The Labute approximate surface area is 67.8 Å². The normalized spacial score (nSPS) is 15.9. The second-order valence-corrected chi connectivity index (χ2v) is 2.36. The lowest BCUT2D eigenvalue weighted by Gasteiger charge is -2.06. The second kappa shape index (κ2) is 7.05. The fraction of sp³-hybridized carbons (Fsp3) is 0.750. The van der Waals surface area contributed by atoms with Crippen molar-refractivity contribution in [2.75, 3.05) is 19.6 Å². The molecular formula is C8H13N3. The summed E-state index contributed by atoms with van der Waals surface area (Å²) in [5.74, 6) is 0. The van der Waals surface area contributed by atoms with Crippen LogP contribution < -0.4 is 0 Å². The highest BCUT2D eigenvalue weighted by Gasteiger charge is 2.08. The average Bonchev–Trinajstić information content (AvgIpc) is 2.42. The van der Waals surface area contributed by atoms with Crippen LogP contribution in [0.15, 0.2) is 0 Å². The zero-order valence-electron chi connectivity index (χ0n) is 6.88. The summed E-state index contributed by atoms with van der Waals surface area (Å²) in [6.07, 6.45) is 2.56. The van der Waals surface area contributed by atoms with Gasteiger partial charge < -0.3 is 0 Å². The predicted molar refractivity (Wildman–Crippen MR) is 42.6 cm³/mol. The smallest absolute Gasteiger partial charge is 0.0865 e. The lowest BCUT2D eigenvalue weighted by Crippen LogP contribution is -2.18. The van der Waals surface area contributed by atoms with Crippen LogP contribution in [0, 0.1) is 22.7 Å². The van der Waals surface area contributed by atoms with Crippen LogP contribution in [-0.4, -0.2) is 24.5 Å². The molecule has 3 nitrogen and oxygen atoms in total. The van der Waals surface area contributed by atoms with E-state index in [0.29, 0.717) is 6.54 Å². The highest BCUT2D eigenvalue weighted by Crippen LogP contribution is 2.04. The monoisotopic (exact) mass is 151 g/mol. The molecule has 0 aromatic rings. The van der Waals surface area contributed by atoms with Crippen molar-refractivity contribution in [2.45, 2.75) is 19.8 Å². The third-order valence-electron chi connectivity index (χ3n) is 1.49. The summed E-state index contributed by atoms with van der Waals surface area (Å²) in [7, 11) is 0. The van der Waals surface area contributed by atoms with Gasteiger partial charge in [0.25, 0.3) is 0 Å². The maximum absolute atomic E-state index is 8.24. The minimum atomic E-state index is 0.625. The summed E-state index contributed by atoms with van der Waals surface area (Å²) in [5, 5.41) is 15.6. The van der Waals surface area contributed by atoms with Crippen molar-refractivity contribution in [3.8, 4) is 12.1 Å². The van der Waals surface area contributed by atoms with Crippen molar-refractivity contribution >= 4 is 0 Å². The molecule has 0 spiro atoms. The Balaban J connectivity index is 0.000000292. The number of rotatable bonds is 1. The van der Waals surface area contributed by atoms with Crippen LogP contribution in [0.1, 0.15) is 19.8 Å². The first-order valence-electron chi connectivity index (χ1n) is 3.75. The summed E-state index contributed by atoms with van der Waals surface area (Å²) < 4.78 is 0. The van der Waals surface area contributed by atoms with Crippen LogP contribution in [-0.2, 0) is 0 Å². The van der Waals surface area contributed by atoms with Gasteiger partial charge >= 0.3 is 0 Å². The maximum Gasteiger partial charge on any atom is 0.0865 e. The van der Waals surface area contributed by atoms with Crippen LogP contribution in [0.2, 0.25) is 0 Å². The Bertz CT molecular complexity index is 157. The number of nitrogens with zero attached hydrogens (tertiary/aromatic N) is 3. The van der Waals surface area contributed by atoms with Gasteiger partial charge in [-0.25, -0.2) is 0 Å². The summed E-state index contributed by atoms with van der Waals surface area (Å²) in [5.41, 5.74) is 0. The molecule has 1 aliphatic rings. The van der Waals surface area contributed by atoms with E-state index in [1.54, 1.807) is 6.07 Å². The highest BCUT2D eigenvalue weighted by atomic mass is 15.1. The lowest BCUT2D eigenvalue weighted by molar-refractivity contribution is 0.381. The molecule has 0 aromatic carbocycles. The van der Waals surface area contributed by atoms with Crippen LogP contribution in [0.5, 0.6) is 0 Å². The molecule has 60 valence electrons. The van der Waals surface area contributed by atoms with Gasteiger partial charge in [-0.2, -0.15) is 10.5 Å². The fourth-order valence-electron chi connectivity index (χ4n) is 1.04. The Kier molecular flexibility index (Phi) is 6.37. The van der Waals surface area contributed by atoms with E-state index < -0.39 is 0 Å². The lowest BCUT2D eigenvalue weighted by atomic mass is 10.4. The van der Waals surface area contributed by atoms with E-state index in [-0.39, 0.29) is 0 Å². The number of likely N-dealkylation sites (tertiary alicyclic amines) is 1. The van der Waals surface area contributed by atoms with Crippen molar-refractivity contribution in [1.29, 1.82) is 10.5 Å². The molecule has 1 aliphatic heterocycles.